The van der Waals surface area contributed by atoms with Gasteiger partial charge in [0.05, 0.1) is 6.61 Å². The molecule has 0 bridgehead atoms. The number of ether oxygens (including phenoxy) is 1. The number of carbonyl (C=O) groups excluding carboxylic acids is 1. The maximum Gasteiger partial charge on any atom is 0.328 e. The van der Waals surface area contributed by atoms with Gasteiger partial charge in [-0.3, -0.25) is 9.69 Å². The minimum atomic E-state index is -1.01. The van der Waals surface area contributed by atoms with Crippen molar-refractivity contribution in [1.29, 1.82) is 0 Å². The van der Waals surface area contributed by atoms with Gasteiger partial charge in [-0.25, -0.2) is 4.79 Å². The number of benzene rings is 1. The first kappa shape index (κ1) is 15.5. The van der Waals surface area contributed by atoms with Crippen molar-refractivity contribution in [2.45, 2.75) is 43.9 Å². The lowest BCUT2D eigenvalue weighted by Crippen LogP contribution is -2.54. The standard InChI is InChI=1S/C16H18BrNO4/c17-12-6-4-5-11(9-12)14(19)18-13(15(20)21)10-22-16(18)7-2-1-3-8-16/h4-6,9,13H,1-3,7-8,10H2,(H,20,21). The van der Waals surface area contributed by atoms with Crippen LogP contribution in [0, 0.1) is 0 Å². The maximum atomic E-state index is 12.9. The largest absolute Gasteiger partial charge is 0.480 e. The molecule has 118 valence electrons. The second-order valence-electron chi connectivity index (χ2n) is 5.86. The van der Waals surface area contributed by atoms with Crippen LogP contribution in [0.2, 0.25) is 0 Å². The van der Waals surface area contributed by atoms with Crippen LogP contribution in [0.1, 0.15) is 42.5 Å². The minimum absolute atomic E-state index is 0.0646. The van der Waals surface area contributed by atoms with E-state index in [0.29, 0.717) is 18.4 Å². The third kappa shape index (κ3) is 2.65. The van der Waals surface area contributed by atoms with Crippen LogP contribution in [0.4, 0.5) is 0 Å². The van der Waals surface area contributed by atoms with Crippen molar-refractivity contribution in [2.24, 2.45) is 0 Å². The van der Waals surface area contributed by atoms with E-state index >= 15 is 0 Å². The van der Waals surface area contributed by atoms with Gasteiger partial charge in [0.15, 0.2) is 6.04 Å². The van der Waals surface area contributed by atoms with E-state index in [-0.39, 0.29) is 12.5 Å². The molecule has 2 fully saturated rings. The Balaban J connectivity index is 1.97. The summed E-state index contributed by atoms with van der Waals surface area (Å²) in [7, 11) is 0. The van der Waals surface area contributed by atoms with Crippen LogP contribution in [-0.2, 0) is 9.53 Å². The van der Waals surface area contributed by atoms with E-state index in [1.807, 2.05) is 6.07 Å². The fourth-order valence-corrected chi connectivity index (χ4v) is 3.82. The monoisotopic (exact) mass is 367 g/mol. The molecule has 2 aliphatic rings. The summed E-state index contributed by atoms with van der Waals surface area (Å²) in [4.78, 5) is 26.0. The summed E-state index contributed by atoms with van der Waals surface area (Å²) in [5, 5.41) is 9.46. The Bertz CT molecular complexity index is 598. The molecule has 1 aliphatic carbocycles. The topological polar surface area (TPSA) is 66.8 Å². The molecule has 1 saturated heterocycles. The lowest BCUT2D eigenvalue weighted by atomic mass is 9.89. The SMILES string of the molecule is O=C(O)C1COC2(CCCCC2)N1C(=O)c1cccc(Br)c1. The zero-order valence-corrected chi connectivity index (χ0v) is 13.7. The van der Waals surface area contributed by atoms with Crippen molar-refractivity contribution in [3.05, 3.63) is 34.3 Å². The van der Waals surface area contributed by atoms with Gasteiger partial charge in [-0.15, -0.1) is 0 Å². The summed E-state index contributed by atoms with van der Waals surface area (Å²) in [6.45, 7) is 0.0646. The number of carboxylic acid groups (broad SMARTS) is 1. The van der Waals surface area contributed by atoms with Crippen molar-refractivity contribution >= 4 is 27.8 Å². The average Bonchev–Trinajstić information content (AvgIpc) is 2.86. The zero-order valence-electron chi connectivity index (χ0n) is 12.1. The smallest absolute Gasteiger partial charge is 0.328 e. The fraction of sp³-hybridized carbons (Fsp3) is 0.500. The van der Waals surface area contributed by atoms with Gasteiger partial charge in [0.25, 0.3) is 5.91 Å². The van der Waals surface area contributed by atoms with Crippen molar-refractivity contribution in [1.82, 2.24) is 4.90 Å². The Morgan fingerprint density at radius 3 is 2.64 bits per heavy atom. The number of aliphatic carboxylic acids is 1. The van der Waals surface area contributed by atoms with Gasteiger partial charge >= 0.3 is 5.97 Å². The van der Waals surface area contributed by atoms with Crippen LogP contribution in [0.15, 0.2) is 28.7 Å². The highest BCUT2D eigenvalue weighted by Gasteiger charge is 2.53. The summed E-state index contributed by atoms with van der Waals surface area (Å²) in [6, 6.07) is 6.13. The zero-order chi connectivity index (χ0) is 15.7. The molecule has 6 heteroatoms. The summed E-state index contributed by atoms with van der Waals surface area (Å²) < 4.78 is 6.65. The summed E-state index contributed by atoms with van der Waals surface area (Å²) in [6.07, 6.45) is 4.41. The second kappa shape index (κ2) is 6.01. The van der Waals surface area contributed by atoms with Gasteiger partial charge in [0, 0.05) is 10.0 Å². The number of nitrogens with zero attached hydrogens (tertiary/aromatic N) is 1. The normalized spacial score (nSPS) is 23.7. The van der Waals surface area contributed by atoms with E-state index < -0.39 is 17.7 Å². The molecule has 1 amide bonds. The highest BCUT2D eigenvalue weighted by Crippen LogP contribution is 2.41. The van der Waals surface area contributed by atoms with Gasteiger partial charge in [-0.2, -0.15) is 0 Å². The number of carbonyl (C=O) groups is 2. The molecule has 1 N–H and O–H groups in total. The third-order valence-electron chi connectivity index (χ3n) is 4.47. The Labute approximate surface area is 137 Å². The fourth-order valence-electron chi connectivity index (χ4n) is 3.42. The molecule has 1 aliphatic heterocycles. The Morgan fingerprint density at radius 2 is 2.00 bits per heavy atom. The van der Waals surface area contributed by atoms with Crippen LogP contribution < -0.4 is 0 Å². The average molecular weight is 368 g/mol. The quantitative estimate of drug-likeness (QED) is 0.872. The van der Waals surface area contributed by atoms with Crippen molar-refractivity contribution < 1.29 is 19.4 Å². The molecule has 1 unspecified atom stereocenters. The van der Waals surface area contributed by atoms with Crippen LogP contribution in [0.25, 0.3) is 0 Å². The maximum absolute atomic E-state index is 12.9. The van der Waals surface area contributed by atoms with Gasteiger partial charge < -0.3 is 9.84 Å². The van der Waals surface area contributed by atoms with E-state index in [1.54, 1.807) is 18.2 Å². The molecule has 1 spiro atoms. The van der Waals surface area contributed by atoms with Crippen molar-refractivity contribution in [2.75, 3.05) is 6.61 Å². The molecule has 1 heterocycles. The molecule has 0 aromatic heterocycles. The number of hydrogen-bond acceptors (Lipinski definition) is 3. The van der Waals surface area contributed by atoms with Crippen LogP contribution in [0.3, 0.4) is 0 Å². The second-order valence-corrected chi connectivity index (χ2v) is 6.77. The van der Waals surface area contributed by atoms with E-state index in [0.717, 1.165) is 23.7 Å². The van der Waals surface area contributed by atoms with Gasteiger partial charge in [0.2, 0.25) is 0 Å². The third-order valence-corrected chi connectivity index (χ3v) is 4.96. The van der Waals surface area contributed by atoms with Crippen LogP contribution in [0.5, 0.6) is 0 Å². The lowest BCUT2D eigenvalue weighted by molar-refractivity contribution is -0.143. The summed E-state index contributed by atoms with van der Waals surface area (Å²) in [5.41, 5.74) is -0.267. The number of amides is 1. The Hall–Kier alpha value is -1.40. The van der Waals surface area contributed by atoms with Crippen molar-refractivity contribution in [3.63, 3.8) is 0 Å². The van der Waals surface area contributed by atoms with Gasteiger partial charge in [0.1, 0.15) is 5.72 Å². The molecule has 5 nitrogen and oxygen atoms in total. The molecule has 1 atom stereocenters. The van der Waals surface area contributed by atoms with Gasteiger partial charge in [-0.05, 0) is 43.9 Å². The molecule has 0 radical (unpaired) electrons. The Morgan fingerprint density at radius 1 is 1.27 bits per heavy atom. The number of hydrogen-bond donors (Lipinski definition) is 1. The predicted octanol–water partition coefficient (Wildman–Crippen LogP) is 3.04. The lowest BCUT2D eigenvalue weighted by Gasteiger charge is -2.41. The van der Waals surface area contributed by atoms with Crippen molar-refractivity contribution in [3.8, 4) is 0 Å². The highest BCUT2D eigenvalue weighted by molar-refractivity contribution is 9.10. The summed E-state index contributed by atoms with van der Waals surface area (Å²) in [5.74, 6) is -1.28. The number of rotatable bonds is 2. The van der Waals surface area contributed by atoms with E-state index in [2.05, 4.69) is 15.9 Å². The number of carboxylic acids is 1. The first-order chi connectivity index (χ1) is 10.5. The molecule has 1 saturated carbocycles. The predicted molar refractivity (Wildman–Crippen MR) is 83.5 cm³/mol. The van der Waals surface area contributed by atoms with E-state index in [4.69, 9.17) is 4.74 Å². The molecule has 1 aromatic rings. The molecule has 22 heavy (non-hydrogen) atoms. The van der Waals surface area contributed by atoms with E-state index in [9.17, 15) is 14.7 Å². The molecule has 1 aromatic carbocycles. The minimum Gasteiger partial charge on any atom is -0.480 e. The van der Waals surface area contributed by atoms with Gasteiger partial charge in [-0.1, -0.05) is 28.4 Å². The first-order valence-corrected chi connectivity index (χ1v) is 8.29. The van der Waals surface area contributed by atoms with Crippen LogP contribution >= 0.6 is 15.9 Å². The molecular formula is C16H18BrNO4. The molecular weight excluding hydrogens is 350 g/mol. The number of halogens is 1. The van der Waals surface area contributed by atoms with Crippen LogP contribution in [-0.4, -0.2) is 40.3 Å². The molecule has 3 rings (SSSR count). The Kier molecular flexibility index (Phi) is 4.23. The van der Waals surface area contributed by atoms with E-state index in [1.165, 1.54) is 4.90 Å². The first-order valence-electron chi connectivity index (χ1n) is 7.49. The summed E-state index contributed by atoms with van der Waals surface area (Å²) >= 11 is 3.35. The highest BCUT2D eigenvalue weighted by atomic mass is 79.9.